The van der Waals surface area contributed by atoms with Gasteiger partial charge in [0.2, 0.25) is 11.8 Å². The van der Waals surface area contributed by atoms with Crippen LogP contribution in [0, 0.1) is 11.8 Å². The maximum atomic E-state index is 12.1. The van der Waals surface area contributed by atoms with Crippen LogP contribution in [0.25, 0.3) is 11.3 Å². The number of aliphatic hydroxyl groups is 1. The van der Waals surface area contributed by atoms with E-state index in [-0.39, 0.29) is 29.7 Å². The van der Waals surface area contributed by atoms with Crippen LogP contribution in [0.2, 0.25) is 0 Å². The first kappa shape index (κ1) is 19.6. The Labute approximate surface area is 168 Å². The molecule has 2 aliphatic rings. The molecule has 1 aliphatic heterocycles. The first-order valence-corrected chi connectivity index (χ1v) is 9.74. The first-order valence-electron chi connectivity index (χ1n) is 9.74. The monoisotopic (exact) mass is 399 g/mol. The van der Waals surface area contributed by atoms with Crippen LogP contribution in [0.5, 0.6) is 0 Å². The fourth-order valence-electron chi connectivity index (χ4n) is 3.63. The molecule has 9 nitrogen and oxygen atoms in total. The van der Waals surface area contributed by atoms with Crippen molar-refractivity contribution in [2.24, 2.45) is 11.8 Å². The van der Waals surface area contributed by atoms with Crippen molar-refractivity contribution in [1.82, 2.24) is 26.2 Å². The van der Waals surface area contributed by atoms with Gasteiger partial charge in [0.1, 0.15) is 5.69 Å². The molecular weight excluding hydrogens is 374 g/mol. The first-order chi connectivity index (χ1) is 14.0. The number of aromatic nitrogens is 1. The molecule has 154 valence electrons. The number of amides is 2. The summed E-state index contributed by atoms with van der Waals surface area (Å²) in [7, 11) is 1.94. The van der Waals surface area contributed by atoms with Crippen LogP contribution in [-0.4, -0.2) is 53.2 Å². The lowest BCUT2D eigenvalue weighted by atomic mass is 9.79. The molecule has 1 saturated carbocycles. The standard InChI is InChI=1S/C20H25N5O4/c1-25-10-14(11-25)19(27)23-22-18(26)13-7-15(8-13)21-20(28)17-9-16(24-29-17)12-5-3-2-4-6-12/h2-6,9,13-15,20-21,28H,7-8,10-11H2,1H3,(H,22,26)(H,23,27)/t13-,15-,20?. The molecule has 0 spiro atoms. The zero-order valence-corrected chi connectivity index (χ0v) is 16.2. The fourth-order valence-corrected chi connectivity index (χ4v) is 3.63. The van der Waals surface area contributed by atoms with Gasteiger partial charge < -0.3 is 14.5 Å². The van der Waals surface area contributed by atoms with Crippen LogP contribution in [0.15, 0.2) is 40.9 Å². The second-order valence-corrected chi connectivity index (χ2v) is 7.81. The van der Waals surface area contributed by atoms with Crippen LogP contribution in [0.1, 0.15) is 24.8 Å². The van der Waals surface area contributed by atoms with Crippen LogP contribution < -0.4 is 16.2 Å². The van der Waals surface area contributed by atoms with Crippen molar-refractivity contribution >= 4 is 11.8 Å². The molecule has 0 radical (unpaired) electrons. The summed E-state index contributed by atoms with van der Waals surface area (Å²) in [6.45, 7) is 1.42. The van der Waals surface area contributed by atoms with Gasteiger partial charge in [-0.25, -0.2) is 0 Å². The molecule has 1 atom stereocenters. The Bertz CT molecular complexity index is 859. The largest absolute Gasteiger partial charge is 0.371 e. The number of nitrogens with zero attached hydrogens (tertiary/aromatic N) is 2. The van der Waals surface area contributed by atoms with E-state index < -0.39 is 6.23 Å². The van der Waals surface area contributed by atoms with Gasteiger partial charge in [-0.05, 0) is 19.9 Å². The van der Waals surface area contributed by atoms with E-state index in [1.807, 2.05) is 42.3 Å². The summed E-state index contributed by atoms with van der Waals surface area (Å²) in [5, 5.41) is 17.4. The number of hydrogen-bond acceptors (Lipinski definition) is 7. The number of rotatable bonds is 6. The zero-order chi connectivity index (χ0) is 20.4. The van der Waals surface area contributed by atoms with Crippen molar-refractivity contribution in [2.45, 2.75) is 25.1 Å². The Morgan fingerprint density at radius 2 is 1.79 bits per heavy atom. The molecule has 0 bridgehead atoms. The SMILES string of the molecule is CN1CC(C(=O)NNC(=O)[C@H]2C[C@H](NC(O)c3cc(-c4ccccc4)no3)C2)C1. The molecule has 2 amide bonds. The smallest absolute Gasteiger partial charge is 0.244 e. The van der Waals surface area contributed by atoms with Crippen molar-refractivity contribution < 1.29 is 19.2 Å². The fraction of sp³-hybridized carbons (Fsp3) is 0.450. The number of hydrogen-bond donors (Lipinski definition) is 4. The molecule has 1 saturated heterocycles. The van der Waals surface area contributed by atoms with Crippen molar-refractivity contribution in [1.29, 1.82) is 0 Å². The number of nitrogens with one attached hydrogen (secondary N) is 3. The summed E-state index contributed by atoms with van der Waals surface area (Å²) in [5.41, 5.74) is 6.56. The second kappa shape index (κ2) is 8.32. The predicted octanol–water partition coefficient (Wildman–Crippen LogP) is 0.410. The van der Waals surface area contributed by atoms with Crippen molar-refractivity contribution in [3.05, 3.63) is 42.2 Å². The molecule has 4 rings (SSSR count). The average Bonchev–Trinajstić information content (AvgIpc) is 3.17. The summed E-state index contributed by atoms with van der Waals surface area (Å²) in [4.78, 5) is 26.0. The molecule has 2 fully saturated rings. The van der Waals surface area contributed by atoms with E-state index in [0.717, 1.165) is 5.56 Å². The van der Waals surface area contributed by atoms with Gasteiger partial charge in [0, 0.05) is 36.7 Å². The van der Waals surface area contributed by atoms with Gasteiger partial charge in [-0.15, -0.1) is 0 Å². The minimum atomic E-state index is -0.996. The van der Waals surface area contributed by atoms with Gasteiger partial charge in [-0.3, -0.25) is 25.8 Å². The van der Waals surface area contributed by atoms with Gasteiger partial charge in [0.15, 0.2) is 12.0 Å². The number of carbonyl (C=O) groups excluding carboxylic acids is 2. The highest BCUT2D eigenvalue weighted by atomic mass is 16.5. The second-order valence-electron chi connectivity index (χ2n) is 7.81. The average molecular weight is 399 g/mol. The van der Waals surface area contributed by atoms with Gasteiger partial charge >= 0.3 is 0 Å². The molecular formula is C20H25N5O4. The molecule has 2 aromatic rings. The Morgan fingerprint density at radius 3 is 2.45 bits per heavy atom. The summed E-state index contributed by atoms with van der Waals surface area (Å²) in [6.07, 6.45) is 0.152. The van der Waals surface area contributed by atoms with Crippen molar-refractivity contribution in [3.8, 4) is 11.3 Å². The number of benzene rings is 1. The number of aliphatic hydroxyl groups excluding tert-OH is 1. The van der Waals surface area contributed by atoms with E-state index in [4.69, 9.17) is 4.52 Å². The zero-order valence-electron chi connectivity index (χ0n) is 16.2. The van der Waals surface area contributed by atoms with Gasteiger partial charge in [-0.1, -0.05) is 35.5 Å². The number of likely N-dealkylation sites (tertiary alicyclic amines) is 1. The molecule has 1 aliphatic carbocycles. The van der Waals surface area contributed by atoms with Crippen molar-refractivity contribution in [3.63, 3.8) is 0 Å². The Kier molecular flexibility index (Phi) is 5.61. The highest BCUT2D eigenvalue weighted by molar-refractivity contribution is 5.85. The third-order valence-corrected chi connectivity index (χ3v) is 5.51. The Balaban J connectivity index is 1.19. The third kappa shape index (κ3) is 4.47. The molecule has 4 N–H and O–H groups in total. The van der Waals surface area contributed by atoms with Crippen LogP contribution in [-0.2, 0) is 9.59 Å². The normalized spacial score (nSPS) is 23.0. The molecule has 1 aromatic heterocycles. The van der Waals surface area contributed by atoms with Crippen LogP contribution in [0.4, 0.5) is 0 Å². The summed E-state index contributed by atoms with van der Waals surface area (Å²) in [6, 6.07) is 11.2. The van der Waals surface area contributed by atoms with Gasteiger partial charge in [-0.2, -0.15) is 0 Å². The minimum absolute atomic E-state index is 0.0120. The van der Waals surface area contributed by atoms with Crippen LogP contribution >= 0.6 is 0 Å². The topological polar surface area (TPSA) is 120 Å². The van der Waals surface area contributed by atoms with E-state index >= 15 is 0 Å². The number of hydrazine groups is 1. The van der Waals surface area contributed by atoms with Crippen molar-refractivity contribution in [2.75, 3.05) is 20.1 Å². The maximum absolute atomic E-state index is 12.1. The quantitative estimate of drug-likeness (QED) is 0.410. The molecule has 9 heteroatoms. The van der Waals surface area contributed by atoms with Gasteiger partial charge in [0.05, 0.1) is 5.92 Å². The number of carbonyl (C=O) groups is 2. The third-order valence-electron chi connectivity index (χ3n) is 5.51. The van der Waals surface area contributed by atoms with E-state index in [1.54, 1.807) is 6.07 Å². The lowest BCUT2D eigenvalue weighted by molar-refractivity contribution is -0.137. The predicted molar refractivity (Wildman–Crippen MR) is 104 cm³/mol. The van der Waals surface area contributed by atoms with E-state index in [0.29, 0.717) is 37.4 Å². The van der Waals surface area contributed by atoms with Gasteiger partial charge in [0.25, 0.3) is 0 Å². The lowest BCUT2D eigenvalue weighted by Gasteiger charge is -2.37. The highest BCUT2D eigenvalue weighted by Gasteiger charge is 2.37. The Morgan fingerprint density at radius 1 is 1.14 bits per heavy atom. The maximum Gasteiger partial charge on any atom is 0.244 e. The summed E-state index contributed by atoms with van der Waals surface area (Å²) < 4.78 is 5.24. The molecule has 1 aromatic carbocycles. The van der Waals surface area contributed by atoms with Crippen LogP contribution in [0.3, 0.4) is 0 Å². The lowest BCUT2D eigenvalue weighted by Crippen LogP contribution is -2.57. The summed E-state index contributed by atoms with van der Waals surface area (Å²) in [5.74, 6) is -0.285. The highest BCUT2D eigenvalue weighted by Crippen LogP contribution is 2.30. The summed E-state index contributed by atoms with van der Waals surface area (Å²) >= 11 is 0. The minimum Gasteiger partial charge on any atom is -0.371 e. The van der Waals surface area contributed by atoms with E-state index in [2.05, 4.69) is 21.3 Å². The molecule has 2 heterocycles. The Hall–Kier alpha value is -2.75. The molecule has 29 heavy (non-hydrogen) atoms. The molecule has 1 unspecified atom stereocenters. The van der Waals surface area contributed by atoms with E-state index in [1.165, 1.54) is 0 Å². The van der Waals surface area contributed by atoms with E-state index in [9.17, 15) is 14.7 Å².